The highest BCUT2D eigenvalue weighted by Gasteiger charge is 2.07. The summed E-state index contributed by atoms with van der Waals surface area (Å²) in [6.07, 6.45) is 1.94. The molecule has 0 bridgehead atoms. The standard InChI is InChI=1S/C7H14N2O4S/c1-9(3-4-14-2)7(12)8-13-5-6(10)11/h3-5H2,1-2H3,(H,8,12)(H,10,11). The van der Waals surface area contributed by atoms with Crippen LogP contribution in [0.3, 0.4) is 0 Å². The van der Waals surface area contributed by atoms with Gasteiger partial charge in [-0.3, -0.25) is 4.84 Å². The Morgan fingerprint density at radius 1 is 1.57 bits per heavy atom. The molecule has 6 nitrogen and oxygen atoms in total. The minimum Gasteiger partial charge on any atom is -0.479 e. The zero-order valence-electron chi connectivity index (χ0n) is 8.15. The number of rotatable bonds is 6. The molecule has 0 aliphatic carbocycles. The Bertz CT molecular complexity index is 200. The lowest BCUT2D eigenvalue weighted by atomic mass is 10.6. The number of amides is 2. The maximum absolute atomic E-state index is 11.1. The van der Waals surface area contributed by atoms with Gasteiger partial charge in [0.05, 0.1) is 0 Å². The van der Waals surface area contributed by atoms with Crippen LogP contribution in [0.25, 0.3) is 0 Å². The van der Waals surface area contributed by atoms with Crippen LogP contribution in [0.15, 0.2) is 0 Å². The number of carbonyl (C=O) groups excluding carboxylic acids is 1. The topological polar surface area (TPSA) is 78.9 Å². The predicted octanol–water partition coefficient (Wildman–Crippen LogP) is 0.00700. The monoisotopic (exact) mass is 222 g/mol. The van der Waals surface area contributed by atoms with Gasteiger partial charge in [0.1, 0.15) is 0 Å². The first-order valence-electron chi connectivity index (χ1n) is 3.91. The summed E-state index contributed by atoms with van der Waals surface area (Å²) >= 11 is 1.62. The second-order valence-electron chi connectivity index (χ2n) is 2.50. The van der Waals surface area contributed by atoms with E-state index in [1.54, 1.807) is 18.8 Å². The molecule has 0 unspecified atom stereocenters. The molecule has 0 spiro atoms. The Morgan fingerprint density at radius 2 is 2.21 bits per heavy atom. The van der Waals surface area contributed by atoms with Crippen LogP contribution < -0.4 is 5.48 Å². The highest BCUT2D eigenvalue weighted by Crippen LogP contribution is 1.93. The molecule has 0 aromatic carbocycles. The molecule has 7 heteroatoms. The first-order chi connectivity index (χ1) is 6.57. The molecular weight excluding hydrogens is 208 g/mol. The van der Waals surface area contributed by atoms with Gasteiger partial charge in [-0.15, -0.1) is 0 Å². The van der Waals surface area contributed by atoms with Crippen molar-refractivity contribution in [3.63, 3.8) is 0 Å². The molecule has 0 atom stereocenters. The molecule has 0 aliphatic rings. The van der Waals surface area contributed by atoms with E-state index in [1.807, 2.05) is 11.7 Å². The number of urea groups is 1. The molecule has 0 aliphatic heterocycles. The van der Waals surface area contributed by atoms with Crippen molar-refractivity contribution in [2.24, 2.45) is 0 Å². The summed E-state index contributed by atoms with van der Waals surface area (Å²) in [5, 5.41) is 8.21. The quantitative estimate of drug-likeness (QED) is 0.619. The molecule has 0 saturated heterocycles. The highest BCUT2D eigenvalue weighted by atomic mass is 32.2. The minimum absolute atomic E-state index is 0.444. The number of nitrogens with one attached hydrogen (secondary N) is 1. The Labute approximate surface area is 86.5 Å². The van der Waals surface area contributed by atoms with Gasteiger partial charge in [-0.2, -0.15) is 11.8 Å². The van der Waals surface area contributed by atoms with Crippen molar-refractivity contribution >= 4 is 23.8 Å². The summed E-state index contributed by atoms with van der Waals surface area (Å²) in [4.78, 5) is 27.0. The second-order valence-corrected chi connectivity index (χ2v) is 3.49. The van der Waals surface area contributed by atoms with Crippen molar-refractivity contribution in [3.05, 3.63) is 0 Å². The number of hydrogen-bond acceptors (Lipinski definition) is 4. The van der Waals surface area contributed by atoms with E-state index < -0.39 is 18.6 Å². The summed E-state index contributed by atoms with van der Waals surface area (Å²) in [5.41, 5.74) is 2.02. The van der Waals surface area contributed by atoms with Crippen molar-refractivity contribution in [2.45, 2.75) is 0 Å². The normalized spacial score (nSPS) is 9.57. The lowest BCUT2D eigenvalue weighted by Gasteiger charge is -2.16. The molecule has 2 N–H and O–H groups in total. The minimum atomic E-state index is -1.13. The lowest BCUT2D eigenvalue weighted by Crippen LogP contribution is -2.39. The van der Waals surface area contributed by atoms with Crippen molar-refractivity contribution < 1.29 is 19.5 Å². The number of thioether (sulfide) groups is 1. The van der Waals surface area contributed by atoms with Gasteiger partial charge in [0.25, 0.3) is 0 Å². The maximum Gasteiger partial charge on any atom is 0.341 e. The van der Waals surface area contributed by atoms with Crippen LogP contribution in [0.1, 0.15) is 0 Å². The highest BCUT2D eigenvalue weighted by molar-refractivity contribution is 7.98. The Hall–Kier alpha value is -0.950. The van der Waals surface area contributed by atoms with Crippen LogP contribution >= 0.6 is 11.8 Å². The van der Waals surface area contributed by atoms with E-state index in [4.69, 9.17) is 5.11 Å². The Morgan fingerprint density at radius 3 is 2.71 bits per heavy atom. The first-order valence-corrected chi connectivity index (χ1v) is 5.31. The predicted molar refractivity (Wildman–Crippen MR) is 53.1 cm³/mol. The van der Waals surface area contributed by atoms with Crippen LogP contribution in [-0.2, 0) is 9.63 Å². The average molecular weight is 222 g/mol. The largest absolute Gasteiger partial charge is 0.479 e. The van der Waals surface area contributed by atoms with Crippen LogP contribution in [0.4, 0.5) is 4.79 Å². The molecule has 0 aromatic rings. The van der Waals surface area contributed by atoms with Gasteiger partial charge in [-0.05, 0) is 6.26 Å². The number of hydrogen-bond donors (Lipinski definition) is 2. The van der Waals surface area contributed by atoms with E-state index in [-0.39, 0.29) is 0 Å². The maximum atomic E-state index is 11.1. The summed E-state index contributed by atoms with van der Waals surface area (Å²) < 4.78 is 0. The number of carboxylic acid groups (broad SMARTS) is 1. The third-order valence-corrected chi connectivity index (χ3v) is 1.92. The van der Waals surface area contributed by atoms with E-state index in [9.17, 15) is 9.59 Å². The lowest BCUT2D eigenvalue weighted by molar-refractivity contribution is -0.144. The molecule has 0 radical (unpaired) electrons. The Kier molecular flexibility index (Phi) is 6.95. The van der Waals surface area contributed by atoms with Gasteiger partial charge >= 0.3 is 12.0 Å². The number of hydroxylamine groups is 1. The van der Waals surface area contributed by atoms with E-state index in [1.165, 1.54) is 4.90 Å². The molecule has 0 rings (SSSR count). The molecule has 14 heavy (non-hydrogen) atoms. The third kappa shape index (κ3) is 6.55. The van der Waals surface area contributed by atoms with E-state index in [2.05, 4.69) is 4.84 Å². The van der Waals surface area contributed by atoms with Crippen molar-refractivity contribution in [2.75, 3.05) is 32.2 Å². The van der Waals surface area contributed by atoms with Gasteiger partial charge in [0.15, 0.2) is 6.61 Å². The zero-order chi connectivity index (χ0) is 11.0. The fourth-order valence-electron chi connectivity index (χ4n) is 0.567. The SMILES string of the molecule is CSCCN(C)C(=O)NOCC(=O)O. The summed E-state index contributed by atoms with van der Waals surface area (Å²) in [7, 11) is 1.61. The van der Waals surface area contributed by atoms with E-state index in [0.29, 0.717) is 6.54 Å². The molecule has 0 fully saturated rings. The molecule has 0 saturated carbocycles. The van der Waals surface area contributed by atoms with Gasteiger partial charge in [0, 0.05) is 19.3 Å². The summed E-state index contributed by atoms with van der Waals surface area (Å²) in [6.45, 7) is 0.0472. The zero-order valence-corrected chi connectivity index (χ0v) is 8.97. The Balaban J connectivity index is 3.56. The van der Waals surface area contributed by atoms with Gasteiger partial charge in [-0.1, -0.05) is 0 Å². The van der Waals surface area contributed by atoms with Crippen molar-refractivity contribution in [3.8, 4) is 0 Å². The van der Waals surface area contributed by atoms with Crippen LogP contribution in [-0.4, -0.2) is 54.2 Å². The van der Waals surface area contributed by atoms with Crippen LogP contribution in [0.5, 0.6) is 0 Å². The summed E-state index contributed by atoms with van der Waals surface area (Å²) in [6, 6.07) is -0.444. The molecule has 0 aromatic heterocycles. The van der Waals surface area contributed by atoms with E-state index in [0.717, 1.165) is 5.75 Å². The smallest absolute Gasteiger partial charge is 0.341 e. The average Bonchev–Trinajstić information content (AvgIpc) is 2.13. The molecule has 2 amide bonds. The van der Waals surface area contributed by atoms with Gasteiger partial charge < -0.3 is 10.0 Å². The third-order valence-electron chi connectivity index (χ3n) is 1.33. The summed E-state index contributed by atoms with van der Waals surface area (Å²) in [5.74, 6) is -0.305. The van der Waals surface area contributed by atoms with Crippen LogP contribution in [0.2, 0.25) is 0 Å². The fraction of sp³-hybridized carbons (Fsp3) is 0.714. The molecule has 0 heterocycles. The molecular formula is C7H14N2O4S. The van der Waals surface area contributed by atoms with Crippen molar-refractivity contribution in [1.29, 1.82) is 0 Å². The number of aliphatic carboxylic acids is 1. The first kappa shape index (κ1) is 13.1. The number of carbonyl (C=O) groups is 2. The number of carboxylic acids is 1. The van der Waals surface area contributed by atoms with Crippen LogP contribution in [0, 0.1) is 0 Å². The second kappa shape index (κ2) is 7.45. The van der Waals surface area contributed by atoms with Crippen molar-refractivity contribution in [1.82, 2.24) is 10.4 Å². The number of nitrogens with zero attached hydrogens (tertiary/aromatic N) is 1. The van der Waals surface area contributed by atoms with E-state index >= 15 is 0 Å². The van der Waals surface area contributed by atoms with Gasteiger partial charge in [-0.25, -0.2) is 15.1 Å². The molecule has 82 valence electrons. The van der Waals surface area contributed by atoms with Gasteiger partial charge in [0.2, 0.25) is 0 Å². The fourth-order valence-corrected chi connectivity index (χ4v) is 1.02.